The smallest absolute Gasteiger partial charge is 0.407 e. The zero-order valence-corrected chi connectivity index (χ0v) is 13.4. The lowest BCUT2D eigenvalue weighted by molar-refractivity contribution is 0.0485. The van der Waals surface area contributed by atoms with E-state index in [1.807, 2.05) is 20.8 Å². The van der Waals surface area contributed by atoms with Crippen LogP contribution in [-0.2, 0) is 9.47 Å². The van der Waals surface area contributed by atoms with Crippen LogP contribution in [0.2, 0.25) is 0 Å². The summed E-state index contributed by atoms with van der Waals surface area (Å²) in [5.41, 5.74) is -0.494. The van der Waals surface area contributed by atoms with Gasteiger partial charge < -0.3 is 25.0 Å². The summed E-state index contributed by atoms with van der Waals surface area (Å²) in [4.78, 5) is 25.3. The number of ether oxygens (including phenoxy) is 2. The molecule has 0 unspecified atom stereocenters. The van der Waals surface area contributed by atoms with Crippen LogP contribution in [0, 0.1) is 0 Å². The zero-order valence-electron chi connectivity index (χ0n) is 13.4. The fraction of sp³-hybridized carbons (Fsp3) is 0.857. The van der Waals surface area contributed by atoms with Gasteiger partial charge in [0.2, 0.25) is 0 Å². The third-order valence-electron chi connectivity index (χ3n) is 3.09. The number of hydrogen-bond acceptors (Lipinski definition) is 4. The van der Waals surface area contributed by atoms with Crippen LogP contribution in [0.25, 0.3) is 0 Å². The Morgan fingerprint density at radius 3 is 2.38 bits per heavy atom. The monoisotopic (exact) mass is 301 g/mol. The van der Waals surface area contributed by atoms with E-state index in [2.05, 4.69) is 10.6 Å². The predicted octanol–water partition coefficient (Wildman–Crippen LogP) is 1.33. The van der Waals surface area contributed by atoms with E-state index in [1.165, 1.54) is 0 Å². The van der Waals surface area contributed by atoms with E-state index in [1.54, 1.807) is 12.0 Å². The van der Waals surface area contributed by atoms with Crippen molar-refractivity contribution in [2.75, 3.05) is 33.4 Å². The maximum absolute atomic E-state index is 11.8. The van der Waals surface area contributed by atoms with E-state index in [9.17, 15) is 9.59 Å². The van der Waals surface area contributed by atoms with E-state index in [-0.39, 0.29) is 12.1 Å². The van der Waals surface area contributed by atoms with Gasteiger partial charge in [-0.05, 0) is 33.6 Å². The summed E-state index contributed by atoms with van der Waals surface area (Å²) >= 11 is 0. The third-order valence-corrected chi connectivity index (χ3v) is 3.09. The van der Waals surface area contributed by atoms with Crippen LogP contribution in [0.1, 0.15) is 33.6 Å². The highest BCUT2D eigenvalue weighted by Gasteiger charge is 2.25. The SMILES string of the molecule is COCCNC(=O)N1CCC(NC(=O)OC(C)(C)C)CC1. The summed E-state index contributed by atoms with van der Waals surface area (Å²) in [6.45, 7) is 7.75. The van der Waals surface area contributed by atoms with Crippen molar-refractivity contribution >= 4 is 12.1 Å². The molecular formula is C14H27N3O4. The number of piperidine rings is 1. The molecule has 1 fully saturated rings. The molecule has 122 valence electrons. The molecule has 0 aliphatic carbocycles. The molecule has 0 saturated carbocycles. The van der Waals surface area contributed by atoms with Crippen molar-refractivity contribution in [2.45, 2.75) is 45.3 Å². The summed E-state index contributed by atoms with van der Waals surface area (Å²) < 4.78 is 10.1. The van der Waals surface area contributed by atoms with Gasteiger partial charge in [0.15, 0.2) is 0 Å². The van der Waals surface area contributed by atoms with Gasteiger partial charge in [0.25, 0.3) is 0 Å². The molecule has 1 heterocycles. The van der Waals surface area contributed by atoms with Crippen molar-refractivity contribution < 1.29 is 19.1 Å². The first-order valence-electron chi connectivity index (χ1n) is 7.33. The molecule has 1 rings (SSSR count). The van der Waals surface area contributed by atoms with Crippen LogP contribution in [0.3, 0.4) is 0 Å². The van der Waals surface area contributed by atoms with Gasteiger partial charge in [-0.1, -0.05) is 0 Å². The Balaban J connectivity index is 2.25. The molecule has 2 N–H and O–H groups in total. The van der Waals surface area contributed by atoms with Gasteiger partial charge in [-0.25, -0.2) is 9.59 Å². The van der Waals surface area contributed by atoms with Crippen LogP contribution in [-0.4, -0.2) is 62.0 Å². The first kappa shape index (κ1) is 17.6. The molecule has 1 saturated heterocycles. The lowest BCUT2D eigenvalue weighted by atomic mass is 10.1. The molecule has 0 spiro atoms. The lowest BCUT2D eigenvalue weighted by Gasteiger charge is -2.32. The zero-order chi connectivity index (χ0) is 15.9. The third kappa shape index (κ3) is 7.17. The largest absolute Gasteiger partial charge is 0.444 e. The second kappa shape index (κ2) is 8.07. The number of hydrogen-bond donors (Lipinski definition) is 2. The average molecular weight is 301 g/mol. The number of methoxy groups -OCH3 is 1. The second-order valence-electron chi connectivity index (χ2n) is 6.13. The number of likely N-dealkylation sites (tertiary alicyclic amines) is 1. The predicted molar refractivity (Wildman–Crippen MR) is 79.2 cm³/mol. The summed E-state index contributed by atoms with van der Waals surface area (Å²) in [6, 6.07) is -0.0226. The van der Waals surface area contributed by atoms with E-state index in [0.717, 1.165) is 12.8 Å². The number of nitrogens with zero attached hydrogens (tertiary/aromatic N) is 1. The number of rotatable bonds is 4. The first-order chi connectivity index (χ1) is 9.81. The van der Waals surface area contributed by atoms with Crippen molar-refractivity contribution in [1.82, 2.24) is 15.5 Å². The molecule has 0 radical (unpaired) electrons. The molecule has 0 bridgehead atoms. The fourth-order valence-corrected chi connectivity index (χ4v) is 2.07. The Morgan fingerprint density at radius 1 is 1.24 bits per heavy atom. The Morgan fingerprint density at radius 2 is 1.86 bits per heavy atom. The van der Waals surface area contributed by atoms with Crippen molar-refractivity contribution in [2.24, 2.45) is 0 Å². The van der Waals surface area contributed by atoms with Crippen molar-refractivity contribution in [1.29, 1.82) is 0 Å². The summed E-state index contributed by atoms with van der Waals surface area (Å²) in [6.07, 6.45) is 1.07. The van der Waals surface area contributed by atoms with Gasteiger partial charge in [0, 0.05) is 32.8 Å². The van der Waals surface area contributed by atoms with Gasteiger partial charge in [-0.3, -0.25) is 0 Å². The normalized spacial score (nSPS) is 16.5. The van der Waals surface area contributed by atoms with Gasteiger partial charge in [0.1, 0.15) is 5.60 Å². The Labute approximate surface area is 126 Å². The van der Waals surface area contributed by atoms with Gasteiger partial charge in [-0.2, -0.15) is 0 Å². The van der Waals surface area contributed by atoms with Crippen LogP contribution >= 0.6 is 0 Å². The molecule has 3 amide bonds. The van der Waals surface area contributed by atoms with Crippen LogP contribution in [0.4, 0.5) is 9.59 Å². The van der Waals surface area contributed by atoms with Gasteiger partial charge in [-0.15, -0.1) is 0 Å². The molecule has 7 heteroatoms. The van der Waals surface area contributed by atoms with Gasteiger partial charge in [0.05, 0.1) is 6.61 Å². The highest BCUT2D eigenvalue weighted by atomic mass is 16.6. The maximum atomic E-state index is 11.8. The molecule has 1 aliphatic heterocycles. The number of carbonyl (C=O) groups excluding carboxylic acids is 2. The quantitative estimate of drug-likeness (QED) is 0.768. The minimum absolute atomic E-state index is 0.0582. The number of amides is 3. The van der Waals surface area contributed by atoms with E-state index in [0.29, 0.717) is 26.2 Å². The minimum Gasteiger partial charge on any atom is -0.444 e. The molecule has 0 aromatic rings. The average Bonchev–Trinajstić information content (AvgIpc) is 2.37. The molecule has 0 aromatic carbocycles. The maximum Gasteiger partial charge on any atom is 0.407 e. The van der Waals surface area contributed by atoms with E-state index >= 15 is 0 Å². The lowest BCUT2D eigenvalue weighted by Crippen LogP contribution is -2.50. The van der Waals surface area contributed by atoms with Crippen LogP contribution in [0.15, 0.2) is 0 Å². The Bertz CT molecular complexity index is 347. The van der Waals surface area contributed by atoms with Crippen molar-refractivity contribution in [3.05, 3.63) is 0 Å². The first-order valence-corrected chi connectivity index (χ1v) is 7.33. The second-order valence-corrected chi connectivity index (χ2v) is 6.13. The molecule has 7 nitrogen and oxygen atoms in total. The summed E-state index contributed by atoms with van der Waals surface area (Å²) in [7, 11) is 1.60. The number of alkyl carbamates (subject to hydrolysis) is 1. The minimum atomic E-state index is -0.494. The fourth-order valence-electron chi connectivity index (χ4n) is 2.07. The molecular weight excluding hydrogens is 274 g/mol. The molecule has 0 atom stereocenters. The highest BCUT2D eigenvalue weighted by molar-refractivity contribution is 5.74. The molecule has 21 heavy (non-hydrogen) atoms. The summed E-state index contributed by atoms with van der Waals surface area (Å²) in [5, 5.41) is 5.64. The van der Waals surface area contributed by atoms with Crippen molar-refractivity contribution in [3.8, 4) is 0 Å². The van der Waals surface area contributed by atoms with Crippen LogP contribution in [0.5, 0.6) is 0 Å². The number of nitrogens with one attached hydrogen (secondary N) is 2. The van der Waals surface area contributed by atoms with Gasteiger partial charge >= 0.3 is 12.1 Å². The standard InChI is InChI=1S/C14H27N3O4/c1-14(2,3)21-13(19)16-11-5-8-17(9-6-11)12(18)15-7-10-20-4/h11H,5-10H2,1-4H3,(H,15,18)(H,16,19). The van der Waals surface area contributed by atoms with Crippen LogP contribution < -0.4 is 10.6 Å². The Hall–Kier alpha value is -1.50. The molecule has 0 aromatic heterocycles. The number of urea groups is 1. The van der Waals surface area contributed by atoms with E-state index in [4.69, 9.17) is 9.47 Å². The Kier molecular flexibility index (Phi) is 6.74. The van der Waals surface area contributed by atoms with Crippen molar-refractivity contribution in [3.63, 3.8) is 0 Å². The summed E-state index contributed by atoms with van der Waals surface area (Å²) in [5.74, 6) is 0. The highest BCUT2D eigenvalue weighted by Crippen LogP contribution is 2.12. The topological polar surface area (TPSA) is 79.9 Å². The molecule has 1 aliphatic rings. The number of carbonyl (C=O) groups is 2. The van der Waals surface area contributed by atoms with E-state index < -0.39 is 11.7 Å².